The number of rotatable bonds is 5. The Kier molecular flexibility index (Phi) is 5.38. The molecule has 2 aliphatic heterocycles. The second-order valence-electron chi connectivity index (χ2n) is 7.60. The van der Waals surface area contributed by atoms with E-state index in [0.717, 1.165) is 50.4 Å². The van der Waals surface area contributed by atoms with E-state index in [2.05, 4.69) is 15.1 Å². The van der Waals surface area contributed by atoms with E-state index in [-0.39, 0.29) is 17.5 Å². The Morgan fingerprint density at radius 2 is 1.78 bits per heavy atom. The average Bonchev–Trinajstić information content (AvgIpc) is 3.33. The van der Waals surface area contributed by atoms with Gasteiger partial charge in [-0.05, 0) is 44.3 Å². The van der Waals surface area contributed by atoms with Gasteiger partial charge in [0.15, 0.2) is 0 Å². The summed E-state index contributed by atoms with van der Waals surface area (Å²) in [6.45, 7) is 4.64. The highest BCUT2D eigenvalue weighted by atomic mass is 16.2. The summed E-state index contributed by atoms with van der Waals surface area (Å²) < 4.78 is 1.74. The lowest BCUT2D eigenvalue weighted by molar-refractivity contribution is -0.133. The second kappa shape index (κ2) is 8.08. The number of aromatic amines is 1. The summed E-state index contributed by atoms with van der Waals surface area (Å²) in [5.74, 6) is 1.26. The minimum absolute atomic E-state index is 0.165. The third kappa shape index (κ3) is 4.13. The summed E-state index contributed by atoms with van der Waals surface area (Å²) in [5, 5.41) is 6.91. The first-order valence-corrected chi connectivity index (χ1v) is 9.90. The Morgan fingerprint density at radius 3 is 2.48 bits per heavy atom. The zero-order valence-electron chi connectivity index (χ0n) is 15.6. The standard InChI is InChI=1S/C20H27N5O2/c26-18(15-23-10-4-5-11-23)24-12-8-17(9-13-24)19-21-22-20(27)25(19)14-16-6-2-1-3-7-16/h1-3,6-7,17H,4-5,8-15H2,(H,22,27). The monoisotopic (exact) mass is 369 g/mol. The molecule has 2 aliphatic rings. The largest absolute Gasteiger partial charge is 0.343 e. The summed E-state index contributed by atoms with van der Waals surface area (Å²) in [5.41, 5.74) is 0.918. The number of nitrogens with zero attached hydrogens (tertiary/aromatic N) is 4. The number of amides is 1. The van der Waals surface area contributed by atoms with Crippen molar-refractivity contribution in [2.24, 2.45) is 0 Å². The lowest BCUT2D eigenvalue weighted by Crippen LogP contribution is -2.43. The van der Waals surface area contributed by atoms with Crippen molar-refractivity contribution in [3.05, 3.63) is 52.2 Å². The van der Waals surface area contributed by atoms with Gasteiger partial charge in [0.05, 0.1) is 13.1 Å². The van der Waals surface area contributed by atoms with E-state index in [1.807, 2.05) is 35.2 Å². The van der Waals surface area contributed by atoms with Gasteiger partial charge in [-0.3, -0.25) is 14.3 Å². The second-order valence-corrected chi connectivity index (χ2v) is 7.60. The summed E-state index contributed by atoms with van der Waals surface area (Å²) in [6.07, 6.45) is 4.11. The maximum Gasteiger partial charge on any atom is 0.343 e. The topological polar surface area (TPSA) is 74.2 Å². The van der Waals surface area contributed by atoms with Gasteiger partial charge in [-0.25, -0.2) is 9.89 Å². The van der Waals surface area contributed by atoms with Gasteiger partial charge in [-0.2, -0.15) is 5.10 Å². The molecule has 7 nitrogen and oxygen atoms in total. The normalized spacial score (nSPS) is 18.9. The molecule has 4 rings (SSSR count). The van der Waals surface area contributed by atoms with Crippen molar-refractivity contribution in [1.82, 2.24) is 24.6 Å². The zero-order chi connectivity index (χ0) is 18.6. The number of hydrogen-bond acceptors (Lipinski definition) is 4. The third-order valence-electron chi connectivity index (χ3n) is 5.74. The lowest BCUT2D eigenvalue weighted by atomic mass is 9.95. The van der Waals surface area contributed by atoms with Crippen molar-refractivity contribution in [2.75, 3.05) is 32.7 Å². The third-order valence-corrected chi connectivity index (χ3v) is 5.74. The van der Waals surface area contributed by atoms with Crippen LogP contribution in [-0.2, 0) is 11.3 Å². The first kappa shape index (κ1) is 18.0. The van der Waals surface area contributed by atoms with Crippen LogP contribution >= 0.6 is 0 Å². The molecule has 1 aromatic heterocycles. The minimum Gasteiger partial charge on any atom is -0.342 e. The molecule has 0 radical (unpaired) electrons. The van der Waals surface area contributed by atoms with Crippen molar-refractivity contribution >= 4 is 5.91 Å². The van der Waals surface area contributed by atoms with Crippen LogP contribution in [0.5, 0.6) is 0 Å². The first-order chi connectivity index (χ1) is 13.2. The number of benzene rings is 1. The molecule has 7 heteroatoms. The molecule has 2 aromatic rings. The van der Waals surface area contributed by atoms with E-state index in [1.165, 1.54) is 12.8 Å². The van der Waals surface area contributed by atoms with Gasteiger partial charge in [0.2, 0.25) is 5.91 Å². The molecule has 144 valence electrons. The SMILES string of the molecule is O=C(CN1CCCC1)N1CCC(c2n[nH]c(=O)n2Cc2ccccc2)CC1. The van der Waals surface area contributed by atoms with Gasteiger partial charge in [-0.1, -0.05) is 30.3 Å². The minimum atomic E-state index is -0.165. The number of carbonyl (C=O) groups is 1. The molecule has 1 N–H and O–H groups in total. The summed E-state index contributed by atoms with van der Waals surface area (Å²) in [7, 11) is 0. The van der Waals surface area contributed by atoms with Crippen LogP contribution < -0.4 is 5.69 Å². The van der Waals surface area contributed by atoms with Crippen LogP contribution in [0.25, 0.3) is 0 Å². The van der Waals surface area contributed by atoms with Crippen LogP contribution in [0.2, 0.25) is 0 Å². The zero-order valence-corrected chi connectivity index (χ0v) is 15.6. The van der Waals surface area contributed by atoms with Crippen molar-refractivity contribution in [3.63, 3.8) is 0 Å². The molecule has 1 aromatic carbocycles. The number of hydrogen-bond donors (Lipinski definition) is 1. The predicted octanol–water partition coefficient (Wildman–Crippen LogP) is 1.42. The molecule has 0 unspecified atom stereocenters. The van der Waals surface area contributed by atoms with Crippen molar-refractivity contribution in [1.29, 1.82) is 0 Å². The molecule has 2 fully saturated rings. The summed E-state index contributed by atoms with van der Waals surface area (Å²) in [6, 6.07) is 9.96. The van der Waals surface area contributed by atoms with E-state index in [0.29, 0.717) is 13.1 Å². The molecular weight excluding hydrogens is 342 g/mol. The van der Waals surface area contributed by atoms with Crippen LogP contribution in [0.3, 0.4) is 0 Å². The fourth-order valence-electron chi connectivity index (χ4n) is 4.18. The Labute approximate surface area is 159 Å². The van der Waals surface area contributed by atoms with Crippen molar-refractivity contribution in [2.45, 2.75) is 38.1 Å². The molecule has 3 heterocycles. The van der Waals surface area contributed by atoms with Gasteiger partial charge < -0.3 is 4.90 Å². The maximum absolute atomic E-state index is 12.5. The number of carbonyl (C=O) groups excluding carboxylic acids is 1. The van der Waals surface area contributed by atoms with Crippen molar-refractivity contribution < 1.29 is 4.79 Å². The van der Waals surface area contributed by atoms with E-state index in [4.69, 9.17) is 0 Å². The van der Waals surface area contributed by atoms with E-state index in [9.17, 15) is 9.59 Å². The van der Waals surface area contributed by atoms with E-state index >= 15 is 0 Å². The average molecular weight is 369 g/mol. The van der Waals surface area contributed by atoms with Gasteiger partial charge in [-0.15, -0.1) is 0 Å². The van der Waals surface area contributed by atoms with Gasteiger partial charge >= 0.3 is 5.69 Å². The highest BCUT2D eigenvalue weighted by Gasteiger charge is 2.28. The number of H-pyrrole nitrogens is 1. The maximum atomic E-state index is 12.5. The first-order valence-electron chi connectivity index (χ1n) is 9.90. The number of likely N-dealkylation sites (tertiary alicyclic amines) is 2. The van der Waals surface area contributed by atoms with E-state index in [1.54, 1.807) is 4.57 Å². The molecule has 0 atom stereocenters. The molecule has 0 aliphatic carbocycles. The molecule has 1 amide bonds. The fraction of sp³-hybridized carbons (Fsp3) is 0.550. The molecule has 27 heavy (non-hydrogen) atoms. The van der Waals surface area contributed by atoms with Crippen LogP contribution in [0.15, 0.2) is 35.1 Å². The quantitative estimate of drug-likeness (QED) is 0.865. The Bertz CT molecular complexity index is 814. The Morgan fingerprint density at radius 1 is 1.07 bits per heavy atom. The number of nitrogens with one attached hydrogen (secondary N) is 1. The lowest BCUT2D eigenvalue weighted by Gasteiger charge is -2.32. The Balaban J connectivity index is 1.38. The van der Waals surface area contributed by atoms with E-state index < -0.39 is 0 Å². The molecule has 0 bridgehead atoms. The van der Waals surface area contributed by atoms with Crippen LogP contribution in [0, 0.1) is 0 Å². The predicted molar refractivity (Wildman–Crippen MR) is 103 cm³/mol. The molecule has 0 spiro atoms. The summed E-state index contributed by atoms with van der Waals surface area (Å²) in [4.78, 5) is 29.0. The molecule has 0 saturated carbocycles. The van der Waals surface area contributed by atoms with Crippen LogP contribution in [0.1, 0.15) is 43.0 Å². The van der Waals surface area contributed by atoms with Crippen LogP contribution in [-0.4, -0.2) is 63.2 Å². The smallest absolute Gasteiger partial charge is 0.342 e. The summed E-state index contributed by atoms with van der Waals surface area (Å²) >= 11 is 0. The van der Waals surface area contributed by atoms with Crippen LogP contribution in [0.4, 0.5) is 0 Å². The van der Waals surface area contributed by atoms with Crippen molar-refractivity contribution in [3.8, 4) is 0 Å². The molecule has 2 saturated heterocycles. The number of piperidine rings is 1. The highest BCUT2D eigenvalue weighted by molar-refractivity contribution is 5.78. The van der Waals surface area contributed by atoms with Gasteiger partial charge in [0, 0.05) is 19.0 Å². The highest BCUT2D eigenvalue weighted by Crippen LogP contribution is 2.26. The number of aromatic nitrogens is 3. The molecular formula is C20H27N5O2. The van der Waals surface area contributed by atoms with Gasteiger partial charge in [0.1, 0.15) is 5.82 Å². The Hall–Kier alpha value is -2.41. The fourth-order valence-corrected chi connectivity index (χ4v) is 4.18. The van der Waals surface area contributed by atoms with Gasteiger partial charge in [0.25, 0.3) is 0 Å².